The van der Waals surface area contributed by atoms with E-state index in [4.69, 9.17) is 32.3 Å². The lowest BCUT2D eigenvalue weighted by Crippen LogP contribution is -2.30. The second-order valence-electron chi connectivity index (χ2n) is 26.1. The molecule has 0 aromatic rings. The van der Waals surface area contributed by atoms with Crippen LogP contribution in [0.5, 0.6) is 0 Å². The van der Waals surface area contributed by atoms with Gasteiger partial charge >= 0.3 is 33.6 Å². The van der Waals surface area contributed by atoms with E-state index in [0.29, 0.717) is 19.3 Å². The lowest BCUT2D eigenvalue weighted by Gasteiger charge is -2.21. The van der Waals surface area contributed by atoms with Gasteiger partial charge in [-0.15, -0.1) is 0 Å². The van der Waals surface area contributed by atoms with Gasteiger partial charge in [-0.1, -0.05) is 293 Å². The van der Waals surface area contributed by atoms with Gasteiger partial charge < -0.3 is 34.2 Å². The van der Waals surface area contributed by atoms with Gasteiger partial charge in [-0.25, -0.2) is 9.13 Å². The summed E-state index contributed by atoms with van der Waals surface area (Å²) in [6.07, 6.45) is 101. The van der Waals surface area contributed by atoms with E-state index in [9.17, 15) is 43.5 Å². The standard InChI is InChI=1S/C87H142O16P2/c1-4-7-10-13-16-19-22-25-28-31-34-36-38-39-40-41-43-45-47-49-52-55-58-61-64-67-70-73-85(90)97-76-82(88)77-99-104(93,94)100-78-83(89)79-101-105(95,96)102-81-84(103-87(92)75-72-69-66-63-60-57-54-51-46-33-30-27-24-21-18-15-12-9-6-3)80-98-86(91)74-71-68-65-62-59-56-53-50-48-44-42-37-35-32-29-26-23-20-17-14-11-8-5-2/h7-8,10-11,16-21,25-30,34-37,39-40,43-46,48,51,53,56,82-84,88-89H,4-6,9,12-15,22-24,31-33,38,41-42,47,49-50,52,54-55,57-81H2,1-3H3,(H,93,94)(H,95,96)/b10-7-,11-8-,19-16-,20-17-,21-18-,28-25-,29-26-,30-27-,36-34-,37-35-,40-39-,45-43-,48-44-,51-46-,56-53-. The van der Waals surface area contributed by atoms with Gasteiger partial charge in [0.2, 0.25) is 0 Å². The lowest BCUT2D eigenvalue weighted by atomic mass is 10.1. The van der Waals surface area contributed by atoms with Gasteiger partial charge in [-0.3, -0.25) is 32.5 Å². The Hall–Kier alpha value is -5.35. The molecule has 0 radical (unpaired) electrons. The fraction of sp³-hybridized carbons (Fsp3) is 0.621. The minimum Gasteiger partial charge on any atom is -0.463 e. The average Bonchev–Trinajstić information content (AvgIpc) is 0.941. The van der Waals surface area contributed by atoms with Crippen molar-refractivity contribution < 1.29 is 75.8 Å². The molecular formula is C87H142O16P2. The first-order valence-electron chi connectivity index (χ1n) is 40.1. The Morgan fingerprint density at radius 1 is 0.276 bits per heavy atom. The monoisotopic (exact) mass is 1500 g/mol. The van der Waals surface area contributed by atoms with Gasteiger partial charge in [0.05, 0.1) is 26.4 Å². The number of hydrogen-bond acceptors (Lipinski definition) is 14. The summed E-state index contributed by atoms with van der Waals surface area (Å²) in [6, 6.07) is 0. The molecule has 4 N–H and O–H groups in total. The Labute approximate surface area is 636 Å². The highest BCUT2D eigenvalue weighted by Crippen LogP contribution is 2.45. The predicted molar refractivity (Wildman–Crippen MR) is 435 cm³/mol. The quantitative estimate of drug-likeness (QED) is 0.0146. The second-order valence-corrected chi connectivity index (χ2v) is 29.0. The zero-order chi connectivity index (χ0) is 76.6. The molecule has 105 heavy (non-hydrogen) atoms. The van der Waals surface area contributed by atoms with Crippen LogP contribution in [0.4, 0.5) is 0 Å². The van der Waals surface area contributed by atoms with Crippen LogP contribution < -0.4 is 0 Å². The van der Waals surface area contributed by atoms with Gasteiger partial charge in [0.25, 0.3) is 0 Å². The summed E-state index contributed by atoms with van der Waals surface area (Å²) in [7, 11) is -9.82. The molecule has 0 spiro atoms. The van der Waals surface area contributed by atoms with Gasteiger partial charge in [0, 0.05) is 19.3 Å². The molecule has 0 aliphatic rings. The van der Waals surface area contributed by atoms with E-state index in [1.54, 1.807) is 0 Å². The normalized spacial score (nSPS) is 14.9. The SMILES string of the molecule is CC/C=C\C/C=C\C/C=C\C/C=C\C/C=C\C/C=C\CCCCCCCCCCC(=O)OCC(O)COP(=O)(O)OCC(O)COP(=O)(O)OCC(COC(=O)CCCCCC/C=C\C/C=C\C/C=C\C/C=C\C/C=C\C/C=C\CC)OC(=O)CCCCCCCC/C=C\C/C=C\C/C=C\CCCCC. The Morgan fingerprint density at radius 2 is 0.505 bits per heavy atom. The van der Waals surface area contributed by atoms with E-state index in [0.717, 1.165) is 193 Å². The number of hydrogen-bond donors (Lipinski definition) is 4. The molecular weight excluding hydrogens is 1360 g/mol. The van der Waals surface area contributed by atoms with Crippen molar-refractivity contribution in [2.75, 3.05) is 39.6 Å². The van der Waals surface area contributed by atoms with Crippen molar-refractivity contribution in [3.63, 3.8) is 0 Å². The molecule has 0 saturated carbocycles. The van der Waals surface area contributed by atoms with Crippen LogP contribution in [0.15, 0.2) is 182 Å². The molecule has 18 heteroatoms. The Kier molecular flexibility index (Phi) is 74.3. The summed E-state index contributed by atoms with van der Waals surface area (Å²) >= 11 is 0. The maximum atomic E-state index is 13.0. The number of phosphoric ester groups is 2. The van der Waals surface area contributed by atoms with Gasteiger partial charge in [-0.05, 0) is 161 Å². The molecule has 0 aliphatic heterocycles. The van der Waals surface area contributed by atoms with Crippen LogP contribution in [-0.2, 0) is 55.8 Å². The number of aliphatic hydroxyl groups is 2. The highest BCUT2D eigenvalue weighted by Gasteiger charge is 2.29. The van der Waals surface area contributed by atoms with Crippen molar-refractivity contribution in [3.8, 4) is 0 Å². The third-order valence-corrected chi connectivity index (χ3v) is 18.0. The number of carbonyl (C=O) groups is 3. The van der Waals surface area contributed by atoms with Crippen LogP contribution in [0, 0.1) is 0 Å². The minimum absolute atomic E-state index is 0.0770. The molecule has 0 heterocycles. The van der Waals surface area contributed by atoms with E-state index in [2.05, 4.69) is 203 Å². The van der Waals surface area contributed by atoms with Crippen molar-refractivity contribution in [1.82, 2.24) is 0 Å². The predicted octanol–water partition coefficient (Wildman–Crippen LogP) is 23.8. The largest absolute Gasteiger partial charge is 0.472 e. The second kappa shape index (κ2) is 78.2. The summed E-state index contributed by atoms with van der Waals surface area (Å²) in [6.45, 7) is 2.36. The Balaban J connectivity index is 4.71. The number of ether oxygens (including phenoxy) is 3. The molecule has 5 atom stereocenters. The molecule has 0 aliphatic carbocycles. The van der Waals surface area contributed by atoms with Crippen LogP contribution in [0.25, 0.3) is 0 Å². The summed E-state index contributed by atoms with van der Waals surface area (Å²) in [5, 5.41) is 20.7. The first-order chi connectivity index (χ1) is 51.2. The van der Waals surface area contributed by atoms with Crippen molar-refractivity contribution in [2.24, 2.45) is 0 Å². The van der Waals surface area contributed by atoms with E-state index >= 15 is 0 Å². The third-order valence-electron chi connectivity index (χ3n) is 16.1. The fourth-order valence-corrected chi connectivity index (χ4v) is 11.6. The van der Waals surface area contributed by atoms with E-state index in [1.807, 2.05) is 0 Å². The van der Waals surface area contributed by atoms with Gasteiger partial charge in [0.1, 0.15) is 25.4 Å². The minimum atomic E-state index is -4.95. The molecule has 5 unspecified atom stereocenters. The highest BCUT2D eigenvalue weighted by molar-refractivity contribution is 7.47. The number of carbonyl (C=O) groups excluding carboxylic acids is 3. The molecule has 0 amide bonds. The average molecular weight is 1510 g/mol. The Morgan fingerprint density at radius 3 is 0.800 bits per heavy atom. The highest BCUT2D eigenvalue weighted by atomic mass is 31.2. The van der Waals surface area contributed by atoms with Crippen LogP contribution in [0.2, 0.25) is 0 Å². The number of rotatable bonds is 74. The first-order valence-corrected chi connectivity index (χ1v) is 43.1. The van der Waals surface area contributed by atoms with Crippen molar-refractivity contribution in [3.05, 3.63) is 182 Å². The molecule has 0 bridgehead atoms. The zero-order valence-corrected chi connectivity index (χ0v) is 66.9. The summed E-state index contributed by atoms with van der Waals surface area (Å²) in [5.74, 6) is -1.64. The van der Waals surface area contributed by atoms with E-state index < -0.39 is 91.5 Å². The fourth-order valence-electron chi connectivity index (χ4n) is 10.1. The van der Waals surface area contributed by atoms with Crippen LogP contribution in [0.3, 0.4) is 0 Å². The number of phosphoric acid groups is 2. The first kappa shape index (κ1) is 99.7. The molecule has 0 saturated heterocycles. The lowest BCUT2D eigenvalue weighted by molar-refractivity contribution is -0.161. The maximum absolute atomic E-state index is 13.0. The summed E-state index contributed by atoms with van der Waals surface area (Å²) < 4.78 is 61.2. The number of aliphatic hydroxyl groups excluding tert-OH is 2. The Bertz CT molecular complexity index is 2640. The molecule has 596 valence electrons. The molecule has 0 rings (SSSR count). The van der Waals surface area contributed by atoms with Crippen LogP contribution >= 0.6 is 15.6 Å². The number of allylic oxidation sites excluding steroid dienone is 30. The van der Waals surface area contributed by atoms with Crippen LogP contribution in [-0.4, -0.2) is 95.9 Å². The number of esters is 3. The topological polar surface area (TPSA) is 231 Å². The summed E-state index contributed by atoms with van der Waals surface area (Å²) in [4.78, 5) is 58.7. The van der Waals surface area contributed by atoms with E-state index in [-0.39, 0.29) is 19.3 Å². The van der Waals surface area contributed by atoms with Gasteiger partial charge in [-0.2, -0.15) is 0 Å². The van der Waals surface area contributed by atoms with Crippen LogP contribution in [0.1, 0.15) is 290 Å². The van der Waals surface area contributed by atoms with Crippen molar-refractivity contribution in [1.29, 1.82) is 0 Å². The third kappa shape index (κ3) is 79.5. The molecule has 0 fully saturated rings. The van der Waals surface area contributed by atoms with Crippen molar-refractivity contribution in [2.45, 2.75) is 309 Å². The number of unbranched alkanes of at least 4 members (excludes halogenated alkanes) is 21. The zero-order valence-electron chi connectivity index (χ0n) is 65.1. The van der Waals surface area contributed by atoms with E-state index in [1.165, 1.54) is 38.5 Å². The maximum Gasteiger partial charge on any atom is 0.472 e. The van der Waals surface area contributed by atoms with Crippen molar-refractivity contribution >= 4 is 33.6 Å². The molecule has 16 nitrogen and oxygen atoms in total. The molecule has 0 aromatic carbocycles. The smallest absolute Gasteiger partial charge is 0.463 e. The molecule has 0 aromatic heterocycles. The summed E-state index contributed by atoms with van der Waals surface area (Å²) in [5.41, 5.74) is 0. The van der Waals surface area contributed by atoms with Gasteiger partial charge in [0.15, 0.2) is 6.10 Å².